The largest absolute Gasteiger partial charge is 0.394 e. The molecule has 9 heteroatoms. The maximum atomic E-state index is 13.0. The molecule has 1 amide bonds. The van der Waals surface area contributed by atoms with Gasteiger partial charge in [0.2, 0.25) is 5.91 Å². The SMILES string of the molecule is CCCCCCCCCCCCCCCCCCCCCCCCC(O)C(COC1OC(CO)C(O)C(O)C1O)NC(=O)CCCCCCCCCCCCCCCCC. The fraction of sp³-hybridized carbons (Fsp3) is 0.980. The zero-order valence-electron chi connectivity index (χ0n) is 39.5. The molecule has 0 aromatic carbocycles. The minimum Gasteiger partial charge on any atom is -0.394 e. The van der Waals surface area contributed by atoms with Crippen LogP contribution in [0.4, 0.5) is 0 Å². The average Bonchev–Trinajstić information content (AvgIpc) is 3.25. The molecular weight excluding hydrogens is 755 g/mol. The molecule has 358 valence electrons. The minimum absolute atomic E-state index is 0.131. The minimum atomic E-state index is -1.55. The van der Waals surface area contributed by atoms with Crippen LogP contribution in [-0.4, -0.2) is 87.5 Å². The molecule has 7 atom stereocenters. The summed E-state index contributed by atoms with van der Waals surface area (Å²) in [6.07, 6.45) is 41.2. The summed E-state index contributed by atoms with van der Waals surface area (Å²) in [6, 6.07) is -0.712. The lowest BCUT2D eigenvalue weighted by Gasteiger charge is -2.40. The van der Waals surface area contributed by atoms with E-state index in [-0.39, 0.29) is 12.5 Å². The fourth-order valence-corrected chi connectivity index (χ4v) is 8.75. The van der Waals surface area contributed by atoms with E-state index in [4.69, 9.17) is 9.47 Å². The van der Waals surface area contributed by atoms with Crippen molar-refractivity contribution in [2.24, 2.45) is 0 Å². The van der Waals surface area contributed by atoms with Crippen LogP contribution in [0.25, 0.3) is 0 Å². The number of hydrogen-bond donors (Lipinski definition) is 6. The van der Waals surface area contributed by atoms with Crippen LogP contribution in [0.2, 0.25) is 0 Å². The number of rotatable bonds is 45. The summed E-state index contributed by atoms with van der Waals surface area (Å²) in [5.41, 5.74) is 0. The van der Waals surface area contributed by atoms with Crippen LogP contribution >= 0.6 is 0 Å². The second-order valence-electron chi connectivity index (χ2n) is 18.7. The maximum Gasteiger partial charge on any atom is 0.220 e. The number of amides is 1. The van der Waals surface area contributed by atoms with E-state index in [0.717, 1.165) is 38.5 Å². The molecule has 1 heterocycles. The topological polar surface area (TPSA) is 149 Å². The van der Waals surface area contributed by atoms with Crippen LogP contribution in [0, 0.1) is 0 Å². The summed E-state index contributed by atoms with van der Waals surface area (Å²) in [4.78, 5) is 13.0. The van der Waals surface area contributed by atoms with Gasteiger partial charge in [-0.3, -0.25) is 4.79 Å². The second-order valence-corrected chi connectivity index (χ2v) is 18.7. The Kier molecular flexibility index (Phi) is 40.2. The van der Waals surface area contributed by atoms with Crippen LogP contribution in [-0.2, 0) is 14.3 Å². The molecule has 1 saturated heterocycles. The van der Waals surface area contributed by atoms with E-state index in [1.54, 1.807) is 0 Å². The smallest absolute Gasteiger partial charge is 0.220 e. The Bertz CT molecular complexity index is 908. The first-order chi connectivity index (χ1) is 29.3. The van der Waals surface area contributed by atoms with Crippen molar-refractivity contribution in [3.63, 3.8) is 0 Å². The predicted molar refractivity (Wildman–Crippen MR) is 249 cm³/mol. The number of unbranched alkanes of at least 4 members (excludes halogenated alkanes) is 35. The lowest BCUT2D eigenvalue weighted by Crippen LogP contribution is -2.60. The summed E-state index contributed by atoms with van der Waals surface area (Å²) >= 11 is 0. The third-order valence-corrected chi connectivity index (χ3v) is 13.0. The molecule has 1 fully saturated rings. The Balaban J connectivity index is 2.23. The zero-order chi connectivity index (χ0) is 43.7. The third-order valence-electron chi connectivity index (χ3n) is 13.0. The van der Waals surface area contributed by atoms with Gasteiger partial charge in [0.15, 0.2) is 6.29 Å². The van der Waals surface area contributed by atoms with Crippen molar-refractivity contribution in [3.05, 3.63) is 0 Å². The van der Waals surface area contributed by atoms with Crippen molar-refractivity contribution in [2.45, 2.75) is 307 Å². The highest BCUT2D eigenvalue weighted by Gasteiger charge is 2.44. The van der Waals surface area contributed by atoms with E-state index in [2.05, 4.69) is 19.2 Å². The van der Waals surface area contributed by atoms with Crippen molar-refractivity contribution in [1.29, 1.82) is 0 Å². The molecule has 7 unspecified atom stereocenters. The lowest BCUT2D eigenvalue weighted by molar-refractivity contribution is -0.302. The van der Waals surface area contributed by atoms with Gasteiger partial charge in [0.1, 0.15) is 24.4 Å². The number of nitrogens with one attached hydrogen (secondary N) is 1. The highest BCUT2D eigenvalue weighted by Crippen LogP contribution is 2.23. The predicted octanol–water partition coefficient (Wildman–Crippen LogP) is 11.9. The summed E-state index contributed by atoms with van der Waals surface area (Å²) in [7, 11) is 0. The van der Waals surface area contributed by atoms with Crippen molar-refractivity contribution >= 4 is 5.91 Å². The highest BCUT2D eigenvalue weighted by atomic mass is 16.7. The molecule has 0 radical (unpaired) electrons. The van der Waals surface area contributed by atoms with Gasteiger partial charge >= 0.3 is 0 Å². The molecule has 6 N–H and O–H groups in total. The van der Waals surface area contributed by atoms with Crippen molar-refractivity contribution in [3.8, 4) is 0 Å². The van der Waals surface area contributed by atoms with Crippen molar-refractivity contribution in [2.75, 3.05) is 13.2 Å². The highest BCUT2D eigenvalue weighted by molar-refractivity contribution is 5.76. The molecule has 0 bridgehead atoms. The molecule has 0 aromatic rings. The van der Waals surface area contributed by atoms with Gasteiger partial charge in [-0.1, -0.05) is 245 Å². The van der Waals surface area contributed by atoms with Gasteiger partial charge in [0, 0.05) is 6.42 Å². The number of hydrogen-bond acceptors (Lipinski definition) is 8. The van der Waals surface area contributed by atoms with E-state index in [9.17, 15) is 30.3 Å². The molecule has 1 aliphatic heterocycles. The van der Waals surface area contributed by atoms with E-state index in [1.807, 2.05) is 0 Å². The van der Waals surface area contributed by atoms with E-state index < -0.39 is 49.5 Å². The quantitative estimate of drug-likeness (QED) is 0.0332. The monoisotopic (exact) mass is 856 g/mol. The Labute approximate surface area is 370 Å². The molecule has 60 heavy (non-hydrogen) atoms. The first kappa shape index (κ1) is 57.2. The molecule has 0 aliphatic carbocycles. The molecule has 9 nitrogen and oxygen atoms in total. The van der Waals surface area contributed by atoms with Gasteiger partial charge in [-0.05, 0) is 12.8 Å². The lowest BCUT2D eigenvalue weighted by atomic mass is 9.99. The van der Waals surface area contributed by atoms with Gasteiger partial charge in [-0.2, -0.15) is 0 Å². The Morgan fingerprint density at radius 1 is 0.500 bits per heavy atom. The van der Waals surface area contributed by atoms with E-state index >= 15 is 0 Å². The Morgan fingerprint density at radius 3 is 1.18 bits per heavy atom. The zero-order valence-corrected chi connectivity index (χ0v) is 39.5. The number of ether oxygens (including phenoxy) is 2. The molecule has 1 rings (SSSR count). The number of carbonyl (C=O) groups is 1. The van der Waals surface area contributed by atoms with Crippen molar-refractivity contribution in [1.82, 2.24) is 5.32 Å². The maximum absolute atomic E-state index is 13.0. The fourth-order valence-electron chi connectivity index (χ4n) is 8.75. The number of carbonyl (C=O) groups excluding carboxylic acids is 1. The summed E-state index contributed by atoms with van der Waals surface area (Å²) in [6.45, 7) is 3.87. The van der Waals surface area contributed by atoms with Gasteiger partial charge < -0.3 is 40.3 Å². The molecule has 0 saturated carbocycles. The van der Waals surface area contributed by atoms with Crippen LogP contribution < -0.4 is 5.32 Å². The van der Waals surface area contributed by atoms with Gasteiger partial charge in [-0.15, -0.1) is 0 Å². The Morgan fingerprint density at radius 2 is 0.833 bits per heavy atom. The van der Waals surface area contributed by atoms with Crippen LogP contribution in [0.1, 0.15) is 264 Å². The summed E-state index contributed by atoms with van der Waals surface area (Å²) < 4.78 is 11.3. The first-order valence-electron chi connectivity index (χ1n) is 26.2. The Hall–Kier alpha value is -0.810. The van der Waals surface area contributed by atoms with E-state index in [0.29, 0.717) is 12.8 Å². The molecular formula is C51H101NO8. The number of aliphatic hydroxyl groups is 5. The van der Waals surface area contributed by atoms with Crippen LogP contribution in [0.3, 0.4) is 0 Å². The molecule has 0 spiro atoms. The average molecular weight is 856 g/mol. The summed E-state index contributed by atoms with van der Waals surface area (Å²) in [5.74, 6) is -0.139. The van der Waals surface area contributed by atoms with Crippen LogP contribution in [0.5, 0.6) is 0 Å². The third kappa shape index (κ3) is 31.9. The summed E-state index contributed by atoms with van der Waals surface area (Å²) in [5, 5.41) is 54.5. The van der Waals surface area contributed by atoms with E-state index in [1.165, 1.54) is 199 Å². The molecule has 1 aliphatic rings. The van der Waals surface area contributed by atoms with Crippen molar-refractivity contribution < 1.29 is 39.8 Å². The standard InChI is InChI=1S/C51H101NO8/c1-3-5-7-9-11-13-15-17-19-20-21-22-23-24-25-27-28-30-32-34-36-38-40-45(54)44(43-59-51-50(58)49(57)48(56)46(42-53)60-51)52-47(55)41-39-37-35-33-31-29-26-18-16-14-12-10-8-6-4-2/h44-46,48-51,53-54,56-58H,3-43H2,1-2H3,(H,52,55). The first-order valence-corrected chi connectivity index (χ1v) is 26.2. The van der Waals surface area contributed by atoms with Gasteiger partial charge in [-0.25, -0.2) is 0 Å². The molecule has 0 aromatic heterocycles. The van der Waals surface area contributed by atoms with Gasteiger partial charge in [0.05, 0.1) is 25.4 Å². The second kappa shape index (κ2) is 42.2. The van der Waals surface area contributed by atoms with Gasteiger partial charge in [0.25, 0.3) is 0 Å². The van der Waals surface area contributed by atoms with Crippen LogP contribution in [0.15, 0.2) is 0 Å². The normalized spacial score (nSPS) is 20.4. The number of aliphatic hydroxyl groups excluding tert-OH is 5.